The van der Waals surface area contributed by atoms with Crippen LogP contribution in [-0.4, -0.2) is 43.8 Å². The fourth-order valence-electron chi connectivity index (χ4n) is 2.33. The molecule has 29 heavy (non-hydrogen) atoms. The largest absolute Gasteiger partial charge is 0.493 e. The van der Waals surface area contributed by atoms with Crippen molar-refractivity contribution in [3.8, 4) is 11.5 Å². The zero-order valence-corrected chi connectivity index (χ0v) is 16.3. The Balaban J connectivity index is 1.87. The highest BCUT2D eigenvalue weighted by atomic mass is 16.6. The smallest absolute Gasteiger partial charge is 0.344 e. The number of nitrogens with one attached hydrogen (secondary N) is 1. The van der Waals surface area contributed by atoms with Gasteiger partial charge in [0.1, 0.15) is 6.29 Å². The first-order valence-corrected chi connectivity index (χ1v) is 8.71. The molecule has 0 heterocycles. The highest BCUT2D eigenvalue weighted by Crippen LogP contribution is 2.27. The van der Waals surface area contributed by atoms with Crippen molar-refractivity contribution in [2.45, 2.75) is 20.0 Å². The normalized spacial score (nSPS) is 11.1. The molecular formula is C21H21NO7. The molecule has 0 saturated heterocycles. The Hall–Kier alpha value is -3.68. The molecule has 0 fully saturated rings. The number of carbonyl (C=O) groups is 4. The molecule has 0 spiro atoms. The number of esters is 1. The van der Waals surface area contributed by atoms with Gasteiger partial charge in [0, 0.05) is 16.8 Å². The summed E-state index contributed by atoms with van der Waals surface area (Å²) < 4.78 is 15.5. The molecular weight excluding hydrogens is 378 g/mol. The van der Waals surface area contributed by atoms with Crippen molar-refractivity contribution < 1.29 is 33.4 Å². The van der Waals surface area contributed by atoms with E-state index >= 15 is 0 Å². The summed E-state index contributed by atoms with van der Waals surface area (Å²) in [6.07, 6.45) is -0.396. The van der Waals surface area contributed by atoms with E-state index in [1.54, 1.807) is 24.3 Å². The maximum Gasteiger partial charge on any atom is 0.344 e. The molecule has 0 radical (unpaired) electrons. The summed E-state index contributed by atoms with van der Waals surface area (Å²) in [4.78, 5) is 46.2. The standard InChI is InChI=1S/C21H21NO7/c1-13(24)16-5-7-17(8-6-16)22-21(26)14(2)29-20(25)12-28-18-9-4-15(11-23)10-19(18)27-3/h4-11,14H,12H2,1-3H3,(H,22,26)/t14-/m0/s1. The van der Waals surface area contributed by atoms with Gasteiger partial charge in [-0.15, -0.1) is 0 Å². The minimum atomic E-state index is -1.06. The van der Waals surface area contributed by atoms with Crippen molar-refractivity contribution in [2.75, 3.05) is 19.0 Å². The molecule has 0 aliphatic carbocycles. The van der Waals surface area contributed by atoms with Crippen LogP contribution in [-0.2, 0) is 14.3 Å². The fraction of sp³-hybridized carbons (Fsp3) is 0.238. The number of anilines is 1. The Morgan fingerprint density at radius 1 is 1.07 bits per heavy atom. The van der Waals surface area contributed by atoms with Gasteiger partial charge in [0.2, 0.25) is 0 Å². The van der Waals surface area contributed by atoms with Crippen LogP contribution in [0.25, 0.3) is 0 Å². The Bertz CT molecular complexity index is 906. The minimum absolute atomic E-state index is 0.0809. The molecule has 1 atom stereocenters. The molecule has 2 aromatic carbocycles. The van der Waals surface area contributed by atoms with Gasteiger partial charge in [0.05, 0.1) is 7.11 Å². The molecule has 2 rings (SSSR count). The van der Waals surface area contributed by atoms with E-state index in [2.05, 4.69) is 5.32 Å². The molecule has 1 N–H and O–H groups in total. The van der Waals surface area contributed by atoms with E-state index in [9.17, 15) is 19.2 Å². The SMILES string of the molecule is COc1cc(C=O)ccc1OCC(=O)O[C@@H](C)C(=O)Nc1ccc(C(C)=O)cc1. The summed E-state index contributed by atoms with van der Waals surface area (Å²) in [6.45, 7) is 2.43. The number of methoxy groups -OCH3 is 1. The highest BCUT2D eigenvalue weighted by molar-refractivity contribution is 5.97. The van der Waals surface area contributed by atoms with Crippen molar-refractivity contribution in [3.63, 3.8) is 0 Å². The number of Topliss-reactive ketones (excluding diaryl/α,β-unsaturated/α-hetero) is 1. The van der Waals surface area contributed by atoms with Crippen LogP contribution in [0.4, 0.5) is 5.69 Å². The number of carbonyl (C=O) groups excluding carboxylic acids is 4. The molecule has 1 amide bonds. The van der Waals surface area contributed by atoms with E-state index in [1.807, 2.05) is 0 Å². The van der Waals surface area contributed by atoms with E-state index in [-0.39, 0.29) is 11.5 Å². The number of amides is 1. The molecule has 0 saturated carbocycles. The van der Waals surface area contributed by atoms with Gasteiger partial charge < -0.3 is 19.5 Å². The summed E-state index contributed by atoms with van der Waals surface area (Å²) in [5, 5.41) is 2.60. The minimum Gasteiger partial charge on any atom is -0.493 e. The number of benzene rings is 2. The zero-order chi connectivity index (χ0) is 21.4. The van der Waals surface area contributed by atoms with Gasteiger partial charge in [-0.2, -0.15) is 0 Å². The molecule has 8 heteroatoms. The Kier molecular flexibility index (Phi) is 7.47. The van der Waals surface area contributed by atoms with Crippen LogP contribution in [0.15, 0.2) is 42.5 Å². The van der Waals surface area contributed by atoms with E-state index in [4.69, 9.17) is 14.2 Å². The van der Waals surface area contributed by atoms with Gasteiger partial charge in [0.15, 0.2) is 30.0 Å². The molecule has 8 nitrogen and oxygen atoms in total. The third kappa shape index (κ3) is 6.17. The van der Waals surface area contributed by atoms with Gasteiger partial charge >= 0.3 is 5.97 Å². The molecule has 152 valence electrons. The van der Waals surface area contributed by atoms with Crippen LogP contribution in [0.2, 0.25) is 0 Å². The van der Waals surface area contributed by atoms with Gasteiger partial charge in [-0.05, 0) is 56.3 Å². The molecule has 0 aliphatic heterocycles. The Morgan fingerprint density at radius 3 is 2.34 bits per heavy atom. The summed E-state index contributed by atoms with van der Waals surface area (Å²) in [6, 6.07) is 10.8. The van der Waals surface area contributed by atoms with Crippen molar-refractivity contribution in [1.82, 2.24) is 0 Å². The van der Waals surface area contributed by atoms with Crippen molar-refractivity contribution in [1.29, 1.82) is 0 Å². The predicted octanol–water partition coefficient (Wildman–Crippen LogP) is 2.66. The second-order valence-corrected chi connectivity index (χ2v) is 6.07. The summed E-state index contributed by atoms with van der Waals surface area (Å²) in [5.74, 6) is -0.801. The maximum absolute atomic E-state index is 12.2. The van der Waals surface area contributed by atoms with Gasteiger partial charge in [-0.3, -0.25) is 14.4 Å². The van der Waals surface area contributed by atoms with E-state index in [0.29, 0.717) is 28.8 Å². The first kappa shape index (κ1) is 21.6. The van der Waals surface area contributed by atoms with Crippen LogP contribution in [0.1, 0.15) is 34.6 Å². The maximum atomic E-state index is 12.2. The van der Waals surface area contributed by atoms with Gasteiger partial charge in [-0.25, -0.2) is 4.79 Å². The number of aldehydes is 1. The lowest BCUT2D eigenvalue weighted by Gasteiger charge is -2.15. The number of hydrogen-bond donors (Lipinski definition) is 1. The van der Waals surface area contributed by atoms with E-state index < -0.39 is 24.6 Å². The lowest BCUT2D eigenvalue weighted by Crippen LogP contribution is -2.31. The molecule has 0 aromatic heterocycles. The fourth-order valence-corrected chi connectivity index (χ4v) is 2.33. The van der Waals surface area contributed by atoms with Crippen LogP contribution in [0, 0.1) is 0 Å². The molecule has 0 bridgehead atoms. The van der Waals surface area contributed by atoms with Gasteiger partial charge in [0.25, 0.3) is 5.91 Å². The first-order chi connectivity index (χ1) is 13.8. The summed E-state index contributed by atoms with van der Waals surface area (Å²) >= 11 is 0. The predicted molar refractivity (Wildman–Crippen MR) is 105 cm³/mol. The second-order valence-electron chi connectivity index (χ2n) is 6.07. The Labute approximate surface area is 167 Å². The molecule has 2 aromatic rings. The Morgan fingerprint density at radius 2 is 1.76 bits per heavy atom. The summed E-state index contributed by atoms with van der Waals surface area (Å²) in [5.41, 5.74) is 1.40. The topological polar surface area (TPSA) is 108 Å². The third-order valence-corrected chi connectivity index (χ3v) is 3.91. The van der Waals surface area contributed by atoms with Crippen LogP contribution >= 0.6 is 0 Å². The van der Waals surface area contributed by atoms with Crippen LogP contribution in [0.3, 0.4) is 0 Å². The van der Waals surface area contributed by atoms with Crippen molar-refractivity contribution in [3.05, 3.63) is 53.6 Å². The third-order valence-electron chi connectivity index (χ3n) is 3.91. The first-order valence-electron chi connectivity index (χ1n) is 8.71. The summed E-state index contributed by atoms with van der Waals surface area (Å²) in [7, 11) is 1.41. The number of ketones is 1. The second kappa shape index (κ2) is 10.0. The quantitative estimate of drug-likeness (QED) is 0.392. The van der Waals surface area contributed by atoms with Crippen LogP contribution in [0.5, 0.6) is 11.5 Å². The number of ether oxygens (including phenoxy) is 3. The van der Waals surface area contributed by atoms with E-state index in [1.165, 1.54) is 39.2 Å². The lowest BCUT2D eigenvalue weighted by molar-refractivity contribution is -0.155. The zero-order valence-electron chi connectivity index (χ0n) is 16.3. The number of hydrogen-bond acceptors (Lipinski definition) is 7. The highest BCUT2D eigenvalue weighted by Gasteiger charge is 2.19. The average molecular weight is 399 g/mol. The van der Waals surface area contributed by atoms with Gasteiger partial charge in [-0.1, -0.05) is 0 Å². The monoisotopic (exact) mass is 399 g/mol. The van der Waals surface area contributed by atoms with Crippen molar-refractivity contribution in [2.24, 2.45) is 0 Å². The van der Waals surface area contributed by atoms with Crippen molar-refractivity contribution >= 4 is 29.6 Å². The average Bonchev–Trinajstić information content (AvgIpc) is 2.72. The molecule has 0 aliphatic rings. The lowest BCUT2D eigenvalue weighted by atomic mass is 10.1. The molecule has 0 unspecified atom stereocenters. The van der Waals surface area contributed by atoms with Crippen LogP contribution < -0.4 is 14.8 Å². The number of rotatable bonds is 9. The van der Waals surface area contributed by atoms with E-state index in [0.717, 1.165) is 0 Å².